The minimum Gasteiger partial charge on any atom is -0.477 e. The summed E-state index contributed by atoms with van der Waals surface area (Å²) < 4.78 is 16.6. The molecule has 0 bridgehead atoms. The van der Waals surface area contributed by atoms with Crippen LogP contribution in [0.2, 0.25) is 0 Å². The van der Waals surface area contributed by atoms with Crippen LogP contribution >= 0.6 is 0 Å². The second-order valence-electron chi connectivity index (χ2n) is 10.9. The van der Waals surface area contributed by atoms with Gasteiger partial charge in [-0.3, -0.25) is 9.20 Å². The monoisotopic (exact) mass is 551 g/mol. The van der Waals surface area contributed by atoms with Crippen LogP contribution in [0.15, 0.2) is 47.5 Å². The molecule has 0 spiro atoms. The van der Waals surface area contributed by atoms with E-state index in [1.54, 1.807) is 31.6 Å². The van der Waals surface area contributed by atoms with E-state index < -0.39 is 17.3 Å². The summed E-state index contributed by atoms with van der Waals surface area (Å²) in [6.45, 7) is 2.61. The van der Waals surface area contributed by atoms with Gasteiger partial charge in [0.1, 0.15) is 23.1 Å². The standard InChI is InChI=1S/C30H26FN7O3/c1-33-22-9-21(31)19(10-32)24-25-27(37-8-7-16-12-36(2)14-23(16)37)20(11-34-28(25)35-26(22)24)15-3-4-17-5-6-18(30(40)41)29(39)38(17)13-15/h3-6,9,11,13,16,23,33H,7-8,12,14H2,1-2H3,(H,34,35)(H,40,41)/t16-,23+/m0/s1. The number of aromatic nitrogens is 3. The third-order valence-electron chi connectivity index (χ3n) is 8.61. The first-order chi connectivity index (χ1) is 19.8. The smallest absolute Gasteiger partial charge is 0.341 e. The van der Waals surface area contributed by atoms with E-state index in [1.165, 1.54) is 16.5 Å². The number of aromatic carboxylic acids is 1. The number of nitrogens with zero attached hydrogens (tertiary/aromatic N) is 5. The highest BCUT2D eigenvalue weighted by Crippen LogP contribution is 2.47. The molecule has 2 aliphatic rings. The molecule has 41 heavy (non-hydrogen) atoms. The molecule has 2 saturated heterocycles. The number of nitriles is 1. The predicted molar refractivity (Wildman–Crippen MR) is 154 cm³/mol. The van der Waals surface area contributed by atoms with Gasteiger partial charge in [0.25, 0.3) is 5.56 Å². The summed E-state index contributed by atoms with van der Waals surface area (Å²) >= 11 is 0. The van der Waals surface area contributed by atoms with Crippen LogP contribution in [0, 0.1) is 23.1 Å². The van der Waals surface area contributed by atoms with E-state index in [0.29, 0.717) is 50.2 Å². The Hall–Kier alpha value is -4.95. The summed E-state index contributed by atoms with van der Waals surface area (Å²) in [5, 5.41) is 23.7. The molecule has 5 aromatic rings. The molecule has 3 N–H and O–H groups in total. The molecule has 206 valence electrons. The van der Waals surface area contributed by atoms with Crippen molar-refractivity contribution in [3.8, 4) is 17.2 Å². The van der Waals surface area contributed by atoms with Crippen molar-refractivity contribution in [3.63, 3.8) is 0 Å². The molecule has 11 heteroatoms. The summed E-state index contributed by atoms with van der Waals surface area (Å²) in [6, 6.07) is 10.1. The van der Waals surface area contributed by atoms with Crippen LogP contribution in [0.1, 0.15) is 22.3 Å². The van der Waals surface area contributed by atoms with Gasteiger partial charge < -0.3 is 25.2 Å². The summed E-state index contributed by atoms with van der Waals surface area (Å²) in [5.41, 5.74) is 3.34. The highest BCUT2D eigenvalue weighted by atomic mass is 19.1. The second-order valence-corrected chi connectivity index (χ2v) is 10.9. The number of anilines is 2. The van der Waals surface area contributed by atoms with Gasteiger partial charge in [0.15, 0.2) is 0 Å². The molecule has 10 nitrogen and oxygen atoms in total. The third kappa shape index (κ3) is 3.61. The van der Waals surface area contributed by atoms with Gasteiger partial charge in [-0.05, 0) is 37.6 Å². The number of hydrogen-bond donors (Lipinski definition) is 3. The Morgan fingerprint density at radius 2 is 2.05 bits per heavy atom. The SMILES string of the molecule is CNc1cc(F)c(C#N)c2c1[nH]c1ncc(-c3ccc4ccc(C(=O)O)c(=O)n4c3)c(N3CC[C@H]4CN(C)C[C@H]43)c12. The molecule has 0 saturated carbocycles. The predicted octanol–water partition coefficient (Wildman–Crippen LogP) is 3.89. The lowest BCUT2D eigenvalue weighted by Crippen LogP contribution is -2.35. The number of carboxylic acids is 1. The normalized spacial score (nSPS) is 18.8. The Kier molecular flexibility index (Phi) is 5.52. The quantitative estimate of drug-likeness (QED) is 0.307. The van der Waals surface area contributed by atoms with Gasteiger partial charge in [-0.1, -0.05) is 6.07 Å². The molecule has 1 aromatic carbocycles. The van der Waals surface area contributed by atoms with Gasteiger partial charge in [-0.2, -0.15) is 5.26 Å². The molecule has 6 heterocycles. The van der Waals surface area contributed by atoms with Crippen LogP contribution in [0.5, 0.6) is 0 Å². The molecule has 0 amide bonds. The van der Waals surface area contributed by atoms with Crippen molar-refractivity contribution in [1.29, 1.82) is 5.26 Å². The maximum atomic E-state index is 15.3. The van der Waals surface area contributed by atoms with Crippen LogP contribution < -0.4 is 15.8 Å². The van der Waals surface area contributed by atoms with Crippen LogP contribution in [-0.4, -0.2) is 70.1 Å². The van der Waals surface area contributed by atoms with E-state index in [4.69, 9.17) is 4.98 Å². The Balaban J connectivity index is 1.58. The van der Waals surface area contributed by atoms with Gasteiger partial charge in [0.05, 0.1) is 27.8 Å². The summed E-state index contributed by atoms with van der Waals surface area (Å²) in [7, 11) is 3.80. The number of carboxylic acid groups (broad SMARTS) is 1. The molecule has 2 fully saturated rings. The fraction of sp³-hybridized carbons (Fsp3) is 0.267. The van der Waals surface area contributed by atoms with E-state index in [-0.39, 0.29) is 17.2 Å². The van der Waals surface area contributed by atoms with Crippen molar-refractivity contribution < 1.29 is 14.3 Å². The number of likely N-dealkylation sites (N-methyl/N-ethyl adjacent to an activating group) is 1. The number of rotatable bonds is 4. The van der Waals surface area contributed by atoms with Gasteiger partial charge in [-0.25, -0.2) is 14.2 Å². The van der Waals surface area contributed by atoms with Crippen molar-refractivity contribution >= 4 is 44.8 Å². The van der Waals surface area contributed by atoms with Crippen molar-refractivity contribution in [3.05, 3.63) is 70.0 Å². The topological polar surface area (TPSA) is 130 Å². The molecule has 0 unspecified atom stereocenters. The van der Waals surface area contributed by atoms with E-state index in [2.05, 4.69) is 33.2 Å². The molecule has 0 aliphatic carbocycles. The number of fused-ring (bicyclic) bond motifs is 5. The lowest BCUT2D eigenvalue weighted by atomic mass is 9.98. The average molecular weight is 552 g/mol. The van der Waals surface area contributed by atoms with E-state index in [9.17, 15) is 20.0 Å². The number of halogens is 1. The highest BCUT2D eigenvalue weighted by Gasteiger charge is 2.42. The van der Waals surface area contributed by atoms with Crippen molar-refractivity contribution in [1.82, 2.24) is 19.3 Å². The number of pyridine rings is 3. The van der Waals surface area contributed by atoms with Crippen molar-refractivity contribution in [2.45, 2.75) is 12.5 Å². The fourth-order valence-electron chi connectivity index (χ4n) is 6.76. The largest absolute Gasteiger partial charge is 0.477 e. The second kappa shape index (κ2) is 9.04. The zero-order valence-corrected chi connectivity index (χ0v) is 22.4. The van der Waals surface area contributed by atoms with Crippen LogP contribution in [0.3, 0.4) is 0 Å². The first kappa shape index (κ1) is 25.0. The van der Waals surface area contributed by atoms with E-state index in [0.717, 1.165) is 31.7 Å². The van der Waals surface area contributed by atoms with Gasteiger partial charge >= 0.3 is 5.97 Å². The van der Waals surface area contributed by atoms with Crippen molar-refractivity contribution in [2.24, 2.45) is 5.92 Å². The third-order valence-corrected chi connectivity index (χ3v) is 8.61. The van der Waals surface area contributed by atoms with Gasteiger partial charge in [0.2, 0.25) is 0 Å². The number of aromatic amines is 1. The molecule has 0 radical (unpaired) electrons. The fourth-order valence-corrected chi connectivity index (χ4v) is 6.76. The van der Waals surface area contributed by atoms with Crippen LogP contribution in [0.25, 0.3) is 38.6 Å². The summed E-state index contributed by atoms with van der Waals surface area (Å²) in [5.74, 6) is -1.46. The maximum absolute atomic E-state index is 15.3. The number of nitrogens with one attached hydrogen (secondary N) is 2. The highest BCUT2D eigenvalue weighted by molar-refractivity contribution is 6.19. The Labute approximate surface area is 233 Å². The lowest BCUT2D eigenvalue weighted by Gasteiger charge is -2.29. The van der Waals surface area contributed by atoms with Gasteiger partial charge in [-0.15, -0.1) is 0 Å². The maximum Gasteiger partial charge on any atom is 0.341 e. The first-order valence-corrected chi connectivity index (χ1v) is 13.4. The molecule has 4 aromatic heterocycles. The minimum absolute atomic E-state index is 0.0643. The average Bonchev–Trinajstić information content (AvgIpc) is 3.64. The zero-order chi connectivity index (χ0) is 28.6. The van der Waals surface area contributed by atoms with Crippen molar-refractivity contribution in [2.75, 3.05) is 43.9 Å². The molecular weight excluding hydrogens is 525 g/mol. The number of hydrogen-bond acceptors (Lipinski definition) is 7. The molecule has 2 atom stereocenters. The first-order valence-electron chi connectivity index (χ1n) is 13.4. The van der Waals surface area contributed by atoms with Gasteiger partial charge in [0, 0.05) is 73.2 Å². The summed E-state index contributed by atoms with van der Waals surface area (Å²) in [4.78, 5) is 37.4. The number of likely N-dealkylation sites (tertiary alicyclic amines) is 1. The Morgan fingerprint density at radius 3 is 2.80 bits per heavy atom. The van der Waals surface area contributed by atoms with Crippen LogP contribution in [-0.2, 0) is 0 Å². The van der Waals surface area contributed by atoms with E-state index in [1.807, 2.05) is 6.07 Å². The number of H-pyrrole nitrogens is 1. The number of benzene rings is 1. The van der Waals surface area contributed by atoms with Crippen LogP contribution in [0.4, 0.5) is 15.8 Å². The van der Waals surface area contributed by atoms with E-state index >= 15 is 4.39 Å². The lowest BCUT2D eigenvalue weighted by molar-refractivity contribution is 0.0694. The summed E-state index contributed by atoms with van der Waals surface area (Å²) in [6.07, 6.45) is 4.35. The molecule has 7 rings (SSSR count). The molecule has 2 aliphatic heterocycles. The Bertz CT molecular complexity index is 2030. The molecular formula is C30H26FN7O3. The Morgan fingerprint density at radius 1 is 1.24 bits per heavy atom. The minimum atomic E-state index is -1.29. The number of carbonyl (C=O) groups is 1. The zero-order valence-electron chi connectivity index (χ0n) is 22.4.